The van der Waals surface area contributed by atoms with E-state index in [-0.39, 0.29) is 16.6 Å². The van der Waals surface area contributed by atoms with Crippen LogP contribution in [0, 0.1) is 0 Å². The van der Waals surface area contributed by atoms with Gasteiger partial charge in [-0.15, -0.1) is 0 Å². The van der Waals surface area contributed by atoms with E-state index in [0.29, 0.717) is 18.8 Å². The van der Waals surface area contributed by atoms with Crippen LogP contribution in [0.5, 0.6) is 0 Å². The van der Waals surface area contributed by atoms with Gasteiger partial charge in [-0.05, 0) is 43.2 Å². The highest BCUT2D eigenvalue weighted by Crippen LogP contribution is 2.25. The van der Waals surface area contributed by atoms with E-state index in [1.165, 1.54) is 22.1 Å². The topological polar surface area (TPSA) is 84.3 Å². The fraction of sp³-hybridized carbons (Fsp3) is 0.300. The van der Waals surface area contributed by atoms with Crippen LogP contribution in [-0.2, 0) is 21.9 Å². The Labute approximate surface area is 174 Å². The monoisotopic (exact) mass is 430 g/mol. The zero-order chi connectivity index (χ0) is 20.4. The molecule has 0 saturated carbocycles. The van der Waals surface area contributed by atoms with Crippen LogP contribution in [0.2, 0.25) is 0 Å². The summed E-state index contributed by atoms with van der Waals surface area (Å²) in [5.74, 6) is -0.0296. The summed E-state index contributed by atoms with van der Waals surface area (Å²) in [5.41, 5.74) is 2.37. The molecule has 1 aromatic heterocycles. The summed E-state index contributed by atoms with van der Waals surface area (Å²) in [6.45, 7) is 1.10. The number of aromatic nitrogens is 2. The first-order chi connectivity index (χ1) is 13.9. The number of nitrogens with zero attached hydrogens (tertiary/aromatic N) is 3. The van der Waals surface area contributed by atoms with Crippen molar-refractivity contribution in [1.82, 2.24) is 13.9 Å². The number of rotatable bonds is 6. The van der Waals surface area contributed by atoms with Gasteiger partial charge in [-0.1, -0.05) is 30.0 Å². The standard InChI is InChI=1S/C20H22N4O3S2/c1-23-18-10-3-2-9-17(18)22-20(23)28-14-19(25)21-15-7-6-8-16(13-15)29(26,27)24-11-4-5-12-24/h2-3,6-10,13H,4-5,11-12,14H2,1H3,(H,21,25). The minimum Gasteiger partial charge on any atom is -0.325 e. The van der Waals surface area contributed by atoms with Gasteiger partial charge in [-0.3, -0.25) is 4.79 Å². The molecule has 0 unspecified atom stereocenters. The largest absolute Gasteiger partial charge is 0.325 e. The second-order valence-electron chi connectivity index (χ2n) is 6.92. The molecule has 9 heteroatoms. The van der Waals surface area contributed by atoms with Gasteiger partial charge in [0.1, 0.15) is 0 Å². The van der Waals surface area contributed by atoms with Crippen LogP contribution >= 0.6 is 11.8 Å². The molecule has 0 spiro atoms. The van der Waals surface area contributed by atoms with E-state index < -0.39 is 10.0 Å². The molecule has 1 aliphatic rings. The highest BCUT2D eigenvalue weighted by Gasteiger charge is 2.27. The van der Waals surface area contributed by atoms with Crippen molar-refractivity contribution < 1.29 is 13.2 Å². The maximum atomic E-state index is 12.7. The number of hydrogen-bond donors (Lipinski definition) is 1. The van der Waals surface area contributed by atoms with Crippen molar-refractivity contribution in [2.24, 2.45) is 7.05 Å². The number of aryl methyl sites for hydroxylation is 1. The second kappa shape index (κ2) is 8.17. The Bertz CT molecular complexity index is 1150. The number of para-hydroxylation sites is 2. The van der Waals surface area contributed by atoms with E-state index in [1.807, 2.05) is 35.9 Å². The first kappa shape index (κ1) is 19.9. The third kappa shape index (κ3) is 4.17. The number of benzene rings is 2. The van der Waals surface area contributed by atoms with E-state index in [1.54, 1.807) is 18.2 Å². The molecular weight excluding hydrogens is 408 g/mol. The normalized spacial score (nSPS) is 15.1. The predicted molar refractivity (Wildman–Crippen MR) is 115 cm³/mol. The average Bonchev–Trinajstić information content (AvgIpc) is 3.36. The number of sulfonamides is 1. The molecule has 0 bridgehead atoms. The molecule has 1 aliphatic heterocycles. The van der Waals surface area contributed by atoms with Crippen LogP contribution in [0.3, 0.4) is 0 Å². The number of carbonyl (C=O) groups is 1. The molecule has 0 atom stereocenters. The Morgan fingerprint density at radius 2 is 1.90 bits per heavy atom. The van der Waals surface area contributed by atoms with E-state index in [2.05, 4.69) is 10.3 Å². The fourth-order valence-electron chi connectivity index (χ4n) is 3.39. The molecule has 1 fully saturated rings. The Kier molecular flexibility index (Phi) is 5.62. The van der Waals surface area contributed by atoms with E-state index >= 15 is 0 Å². The summed E-state index contributed by atoms with van der Waals surface area (Å²) >= 11 is 1.34. The van der Waals surface area contributed by atoms with Crippen molar-refractivity contribution in [1.29, 1.82) is 0 Å². The minimum atomic E-state index is -3.51. The number of carbonyl (C=O) groups excluding carboxylic acids is 1. The molecule has 2 aromatic carbocycles. The summed E-state index contributed by atoms with van der Waals surface area (Å²) in [7, 11) is -1.59. The number of amides is 1. The molecule has 4 rings (SSSR count). The minimum absolute atomic E-state index is 0.181. The van der Waals surface area contributed by atoms with Gasteiger partial charge in [0.2, 0.25) is 15.9 Å². The summed E-state index contributed by atoms with van der Waals surface area (Å²) in [6, 6.07) is 14.2. The van der Waals surface area contributed by atoms with Crippen LogP contribution < -0.4 is 5.32 Å². The van der Waals surface area contributed by atoms with Crippen LogP contribution in [0.4, 0.5) is 5.69 Å². The molecule has 152 valence electrons. The Hall–Kier alpha value is -2.36. The quantitative estimate of drug-likeness (QED) is 0.608. The van der Waals surface area contributed by atoms with Crippen LogP contribution in [0.1, 0.15) is 12.8 Å². The second-order valence-corrected chi connectivity index (χ2v) is 9.80. The summed E-state index contributed by atoms with van der Waals surface area (Å²) in [6.07, 6.45) is 1.77. The molecule has 0 aliphatic carbocycles. The summed E-state index contributed by atoms with van der Waals surface area (Å²) in [5, 5.41) is 3.54. The van der Waals surface area contributed by atoms with E-state index in [4.69, 9.17) is 0 Å². The third-order valence-electron chi connectivity index (χ3n) is 4.90. The Balaban J connectivity index is 1.42. The first-order valence-electron chi connectivity index (χ1n) is 9.39. The number of thioether (sulfide) groups is 1. The smallest absolute Gasteiger partial charge is 0.243 e. The zero-order valence-corrected chi connectivity index (χ0v) is 17.7. The van der Waals surface area contributed by atoms with Gasteiger partial charge in [0.05, 0.1) is 21.7 Å². The van der Waals surface area contributed by atoms with Crippen molar-refractivity contribution in [2.75, 3.05) is 24.2 Å². The maximum Gasteiger partial charge on any atom is 0.243 e. The summed E-state index contributed by atoms with van der Waals surface area (Å²) < 4.78 is 28.9. The SMILES string of the molecule is Cn1c(SCC(=O)Nc2cccc(S(=O)(=O)N3CCCC3)c2)nc2ccccc21. The van der Waals surface area contributed by atoms with Gasteiger partial charge < -0.3 is 9.88 Å². The van der Waals surface area contributed by atoms with Gasteiger partial charge in [0, 0.05) is 25.8 Å². The van der Waals surface area contributed by atoms with Crippen molar-refractivity contribution in [2.45, 2.75) is 22.9 Å². The van der Waals surface area contributed by atoms with Gasteiger partial charge >= 0.3 is 0 Å². The molecule has 1 saturated heterocycles. The molecule has 1 amide bonds. The highest BCUT2D eigenvalue weighted by molar-refractivity contribution is 7.99. The van der Waals surface area contributed by atoms with Gasteiger partial charge in [0.15, 0.2) is 5.16 Å². The molecular formula is C20H22N4O3S2. The Morgan fingerprint density at radius 1 is 1.14 bits per heavy atom. The average molecular weight is 431 g/mol. The number of fused-ring (bicyclic) bond motifs is 1. The molecule has 1 N–H and O–H groups in total. The summed E-state index contributed by atoms with van der Waals surface area (Å²) in [4.78, 5) is 17.2. The molecule has 29 heavy (non-hydrogen) atoms. The molecule has 2 heterocycles. The number of nitrogens with one attached hydrogen (secondary N) is 1. The molecule has 7 nitrogen and oxygen atoms in total. The van der Waals surface area contributed by atoms with E-state index in [0.717, 1.165) is 29.0 Å². The van der Waals surface area contributed by atoms with Crippen molar-refractivity contribution in [3.63, 3.8) is 0 Å². The van der Waals surface area contributed by atoms with Gasteiger partial charge in [-0.25, -0.2) is 13.4 Å². The fourth-order valence-corrected chi connectivity index (χ4v) is 5.74. The van der Waals surface area contributed by atoms with Crippen LogP contribution in [0.25, 0.3) is 11.0 Å². The lowest BCUT2D eigenvalue weighted by Gasteiger charge is -2.16. The van der Waals surface area contributed by atoms with Crippen LogP contribution in [-0.4, -0.2) is 47.0 Å². The lowest BCUT2D eigenvalue weighted by Crippen LogP contribution is -2.28. The predicted octanol–water partition coefficient (Wildman–Crippen LogP) is 3.09. The highest BCUT2D eigenvalue weighted by atomic mass is 32.2. The zero-order valence-electron chi connectivity index (χ0n) is 16.0. The van der Waals surface area contributed by atoms with Gasteiger partial charge in [-0.2, -0.15) is 4.31 Å². The van der Waals surface area contributed by atoms with Crippen molar-refractivity contribution in [3.05, 3.63) is 48.5 Å². The third-order valence-corrected chi connectivity index (χ3v) is 7.82. The van der Waals surface area contributed by atoms with Crippen molar-refractivity contribution in [3.8, 4) is 0 Å². The number of imidazole rings is 1. The molecule has 0 radical (unpaired) electrons. The first-order valence-corrected chi connectivity index (χ1v) is 11.8. The lowest BCUT2D eigenvalue weighted by atomic mass is 10.3. The van der Waals surface area contributed by atoms with Crippen LogP contribution in [0.15, 0.2) is 58.6 Å². The number of hydrogen-bond acceptors (Lipinski definition) is 5. The molecule has 3 aromatic rings. The van der Waals surface area contributed by atoms with E-state index in [9.17, 15) is 13.2 Å². The Morgan fingerprint density at radius 3 is 2.66 bits per heavy atom. The lowest BCUT2D eigenvalue weighted by molar-refractivity contribution is -0.113. The van der Waals surface area contributed by atoms with Crippen molar-refractivity contribution >= 4 is 44.4 Å². The maximum absolute atomic E-state index is 12.7. The van der Waals surface area contributed by atoms with Gasteiger partial charge in [0.25, 0.3) is 0 Å². The number of anilines is 1.